The monoisotopic (exact) mass is 587 g/mol. The number of carbonyl (C=O) groups excluding carboxylic acids is 2. The van der Waals surface area contributed by atoms with Crippen molar-refractivity contribution in [2.75, 3.05) is 31.6 Å². The number of benzene rings is 2. The molecule has 4 rings (SSSR count). The minimum Gasteiger partial charge on any atom is -0.378 e. The van der Waals surface area contributed by atoms with Gasteiger partial charge in [0.2, 0.25) is 5.91 Å². The first-order valence-electron chi connectivity index (χ1n) is 12.6. The van der Waals surface area contributed by atoms with Gasteiger partial charge < -0.3 is 20.3 Å². The maximum absolute atomic E-state index is 14.2. The third-order valence-corrected chi connectivity index (χ3v) is 7.55. The van der Waals surface area contributed by atoms with E-state index in [2.05, 4.69) is 10.6 Å². The number of carbonyl (C=O) groups is 2. The molecule has 1 aliphatic carbocycles. The SMILES string of the molecule is O=C(Nc1cccc(Sc2ccc(C=CC(=O)N3CCOCC3)c(C(F)(F)F)c2C(F)(F)F)c1)NC1CCCC1. The van der Waals surface area contributed by atoms with Crippen molar-refractivity contribution in [3.05, 3.63) is 59.2 Å². The number of morpholine rings is 1. The highest BCUT2D eigenvalue weighted by molar-refractivity contribution is 7.99. The van der Waals surface area contributed by atoms with Crippen molar-refractivity contribution in [3.63, 3.8) is 0 Å². The zero-order chi connectivity index (χ0) is 28.9. The largest absolute Gasteiger partial charge is 0.418 e. The molecule has 2 aromatic carbocycles. The topological polar surface area (TPSA) is 70.7 Å². The van der Waals surface area contributed by atoms with Gasteiger partial charge in [-0.3, -0.25) is 4.79 Å². The van der Waals surface area contributed by atoms with Crippen LogP contribution in [0.5, 0.6) is 0 Å². The molecule has 0 bridgehead atoms. The Morgan fingerprint density at radius 3 is 2.27 bits per heavy atom. The average Bonchev–Trinajstić information content (AvgIpc) is 3.40. The van der Waals surface area contributed by atoms with Crippen molar-refractivity contribution in [1.29, 1.82) is 0 Å². The van der Waals surface area contributed by atoms with Crippen LogP contribution >= 0.6 is 11.8 Å². The fourth-order valence-electron chi connectivity index (χ4n) is 4.65. The molecule has 0 atom stereocenters. The summed E-state index contributed by atoms with van der Waals surface area (Å²) in [5.74, 6) is -0.621. The molecule has 1 aliphatic heterocycles. The van der Waals surface area contributed by atoms with Crippen LogP contribution in [0.3, 0.4) is 0 Å². The Hall–Kier alpha value is -3.19. The van der Waals surface area contributed by atoms with E-state index in [-0.39, 0.29) is 42.9 Å². The van der Waals surface area contributed by atoms with Gasteiger partial charge in [-0.2, -0.15) is 26.3 Å². The van der Waals surface area contributed by atoms with Crippen LogP contribution in [-0.4, -0.2) is 49.2 Å². The summed E-state index contributed by atoms with van der Waals surface area (Å²) in [6.07, 6.45) is -5.36. The van der Waals surface area contributed by atoms with E-state index < -0.39 is 45.9 Å². The van der Waals surface area contributed by atoms with Gasteiger partial charge in [0.1, 0.15) is 0 Å². The Bertz CT molecular complexity index is 1250. The molecule has 2 aliphatic rings. The summed E-state index contributed by atoms with van der Waals surface area (Å²) in [4.78, 5) is 25.5. The van der Waals surface area contributed by atoms with Gasteiger partial charge in [-0.15, -0.1) is 0 Å². The van der Waals surface area contributed by atoms with Crippen LogP contribution in [0.4, 0.5) is 36.8 Å². The Labute approximate surface area is 231 Å². The van der Waals surface area contributed by atoms with Gasteiger partial charge in [-0.05, 0) is 48.7 Å². The molecule has 1 saturated heterocycles. The fourth-order valence-corrected chi connectivity index (χ4v) is 5.69. The van der Waals surface area contributed by atoms with E-state index >= 15 is 0 Å². The zero-order valence-corrected chi connectivity index (χ0v) is 22.0. The third-order valence-electron chi connectivity index (χ3n) is 6.50. The number of hydrogen-bond acceptors (Lipinski definition) is 4. The molecule has 13 heteroatoms. The predicted octanol–water partition coefficient (Wildman–Crippen LogP) is 6.81. The molecule has 2 aromatic rings. The smallest absolute Gasteiger partial charge is 0.378 e. The number of urea groups is 1. The molecule has 216 valence electrons. The second-order valence-electron chi connectivity index (χ2n) is 9.38. The van der Waals surface area contributed by atoms with Crippen LogP contribution in [0.2, 0.25) is 0 Å². The molecule has 0 radical (unpaired) electrons. The normalized spacial score (nSPS) is 16.9. The van der Waals surface area contributed by atoms with Gasteiger partial charge in [-0.1, -0.05) is 36.7 Å². The van der Waals surface area contributed by atoms with E-state index in [1.54, 1.807) is 0 Å². The van der Waals surface area contributed by atoms with Crippen LogP contribution < -0.4 is 10.6 Å². The lowest BCUT2D eigenvalue weighted by atomic mass is 9.99. The number of anilines is 1. The lowest BCUT2D eigenvalue weighted by Crippen LogP contribution is -2.39. The molecule has 2 fully saturated rings. The van der Waals surface area contributed by atoms with Crippen LogP contribution in [0.15, 0.2) is 52.3 Å². The molecule has 6 nitrogen and oxygen atoms in total. The molecule has 1 saturated carbocycles. The van der Waals surface area contributed by atoms with Crippen molar-refractivity contribution in [2.45, 2.75) is 53.9 Å². The Balaban J connectivity index is 1.61. The number of nitrogens with zero attached hydrogens (tertiary/aromatic N) is 1. The van der Waals surface area contributed by atoms with Crippen molar-refractivity contribution in [3.8, 4) is 0 Å². The van der Waals surface area contributed by atoms with Crippen LogP contribution in [0.25, 0.3) is 6.08 Å². The minimum absolute atomic E-state index is 0.0458. The summed E-state index contributed by atoms with van der Waals surface area (Å²) in [5, 5.41) is 5.45. The van der Waals surface area contributed by atoms with Crippen LogP contribution in [0, 0.1) is 0 Å². The van der Waals surface area contributed by atoms with Crippen molar-refractivity contribution >= 4 is 35.5 Å². The summed E-state index contributed by atoms with van der Waals surface area (Å²) in [6, 6.07) is 7.29. The van der Waals surface area contributed by atoms with Gasteiger partial charge in [-0.25, -0.2) is 4.79 Å². The van der Waals surface area contributed by atoms with E-state index in [0.29, 0.717) is 11.8 Å². The average molecular weight is 588 g/mol. The molecule has 3 amide bonds. The number of nitrogens with one attached hydrogen (secondary N) is 2. The summed E-state index contributed by atoms with van der Waals surface area (Å²) in [5.41, 5.74) is -4.21. The third kappa shape index (κ3) is 7.72. The number of halogens is 6. The summed E-state index contributed by atoms with van der Waals surface area (Å²) < 4.78 is 89.9. The maximum Gasteiger partial charge on any atom is 0.418 e. The maximum atomic E-state index is 14.2. The highest BCUT2D eigenvalue weighted by atomic mass is 32.2. The standard InChI is InChI=1S/C27H27F6N3O3S/c28-26(29,30)23-17(9-11-22(37)36-12-14-39-15-13-36)8-10-21(24(23)27(31,32)33)40-20-7-3-6-19(16-20)35-25(38)34-18-4-1-2-5-18/h3,6-11,16,18H,1-2,4-5,12-15H2,(H2,34,35,38). The Morgan fingerprint density at radius 2 is 1.62 bits per heavy atom. The van der Waals surface area contributed by atoms with Crippen molar-refractivity contribution < 1.29 is 40.7 Å². The second-order valence-corrected chi connectivity index (χ2v) is 10.5. The van der Waals surface area contributed by atoms with Gasteiger partial charge in [0.05, 0.1) is 24.3 Å². The first-order valence-corrected chi connectivity index (χ1v) is 13.4. The molecule has 0 aromatic heterocycles. The lowest BCUT2D eigenvalue weighted by molar-refractivity contribution is -0.163. The van der Waals surface area contributed by atoms with Gasteiger partial charge in [0.15, 0.2) is 0 Å². The lowest BCUT2D eigenvalue weighted by Gasteiger charge is -2.25. The quantitative estimate of drug-likeness (QED) is 0.288. The number of hydrogen-bond donors (Lipinski definition) is 2. The van der Waals surface area contributed by atoms with Gasteiger partial charge >= 0.3 is 18.4 Å². The first kappa shape index (κ1) is 29.8. The van der Waals surface area contributed by atoms with Gasteiger partial charge in [0, 0.05) is 40.7 Å². The summed E-state index contributed by atoms with van der Waals surface area (Å²) >= 11 is 0.496. The number of amides is 3. The van der Waals surface area contributed by atoms with E-state index in [0.717, 1.165) is 50.0 Å². The zero-order valence-electron chi connectivity index (χ0n) is 21.2. The van der Waals surface area contributed by atoms with Crippen LogP contribution in [-0.2, 0) is 21.9 Å². The summed E-state index contributed by atoms with van der Waals surface area (Å²) in [6.45, 7) is 0.989. The number of ether oxygens (including phenoxy) is 1. The van der Waals surface area contributed by atoms with Crippen molar-refractivity contribution in [1.82, 2.24) is 10.2 Å². The highest BCUT2D eigenvalue weighted by Crippen LogP contribution is 2.48. The van der Waals surface area contributed by atoms with E-state index in [1.165, 1.54) is 29.2 Å². The molecular weight excluding hydrogens is 560 g/mol. The van der Waals surface area contributed by atoms with Crippen molar-refractivity contribution in [2.24, 2.45) is 0 Å². The summed E-state index contributed by atoms with van der Waals surface area (Å²) in [7, 11) is 0. The molecular formula is C27H27F6N3O3S. The number of alkyl halides is 6. The molecule has 0 unspecified atom stereocenters. The highest BCUT2D eigenvalue weighted by Gasteiger charge is 2.46. The molecule has 1 heterocycles. The Kier molecular flexibility index (Phi) is 9.34. The van der Waals surface area contributed by atoms with E-state index in [4.69, 9.17) is 4.74 Å². The first-order chi connectivity index (χ1) is 18.9. The minimum atomic E-state index is -5.36. The van der Waals surface area contributed by atoms with Crippen LogP contribution in [0.1, 0.15) is 42.4 Å². The fraction of sp³-hybridized carbons (Fsp3) is 0.407. The predicted molar refractivity (Wildman–Crippen MR) is 138 cm³/mol. The van der Waals surface area contributed by atoms with Gasteiger partial charge in [0.25, 0.3) is 0 Å². The molecule has 2 N–H and O–H groups in total. The Morgan fingerprint density at radius 1 is 0.950 bits per heavy atom. The molecule has 0 spiro atoms. The van der Waals surface area contributed by atoms with E-state index in [1.807, 2.05) is 0 Å². The molecule has 40 heavy (non-hydrogen) atoms. The van der Waals surface area contributed by atoms with E-state index in [9.17, 15) is 35.9 Å². The number of rotatable bonds is 6. The second kappa shape index (κ2) is 12.5.